The van der Waals surface area contributed by atoms with Gasteiger partial charge in [0, 0.05) is 0 Å². The highest BCUT2D eigenvalue weighted by molar-refractivity contribution is 6.26. The Bertz CT molecular complexity index is 112. The summed E-state index contributed by atoms with van der Waals surface area (Å²) in [6.45, 7) is 3.10. The highest BCUT2D eigenvalue weighted by Crippen LogP contribution is 1.74. The molecule has 0 aliphatic carbocycles. The molecule has 0 saturated carbocycles. The van der Waals surface area contributed by atoms with Crippen LogP contribution in [0.5, 0.6) is 0 Å². The van der Waals surface area contributed by atoms with Crippen LogP contribution >= 0.6 is 11.6 Å². The molecule has 0 aliphatic heterocycles. The van der Waals surface area contributed by atoms with Gasteiger partial charge in [0.05, 0.1) is 0 Å². The second-order valence-electron chi connectivity index (χ2n) is 2.05. The second kappa shape index (κ2) is 8.73. The monoisotopic (exact) mass is 199 g/mol. The van der Waals surface area contributed by atoms with E-state index in [1.807, 2.05) is 0 Å². The summed E-state index contributed by atoms with van der Waals surface area (Å²) in [6, 6.07) is 0. The van der Waals surface area contributed by atoms with Gasteiger partial charge < -0.3 is 15.3 Å². The molecular weight excluding hydrogens is 186 g/mol. The lowest BCUT2D eigenvalue weighted by Crippen LogP contribution is -2.33. The van der Waals surface area contributed by atoms with E-state index >= 15 is 0 Å². The zero-order valence-electron chi connectivity index (χ0n) is 6.99. The number of halogens is 1. The molecule has 2 atom stereocenters. The zero-order chi connectivity index (χ0) is 10.1. The lowest BCUT2D eigenvalue weighted by atomic mass is 10.6. The number of rotatable bonds is 3. The standard InChI is InChI=1S/C4H11NO2.C2H3ClO2/c1-3(6)5-4(2)7;3-1-2(4)5/h3-7H,1-2H3;1H2,(H,4,5). The summed E-state index contributed by atoms with van der Waals surface area (Å²) >= 11 is 4.74. The number of carbonyl (C=O) groups is 1. The maximum absolute atomic E-state index is 9.24. The number of carboxylic acid groups (broad SMARTS) is 1. The van der Waals surface area contributed by atoms with Crippen molar-refractivity contribution in [2.75, 3.05) is 5.88 Å². The molecule has 6 heteroatoms. The number of carboxylic acids is 1. The topological polar surface area (TPSA) is 89.8 Å². The van der Waals surface area contributed by atoms with Crippen molar-refractivity contribution in [3.8, 4) is 0 Å². The van der Waals surface area contributed by atoms with Gasteiger partial charge >= 0.3 is 5.97 Å². The fraction of sp³-hybridized carbons (Fsp3) is 0.833. The number of alkyl halides is 1. The maximum Gasteiger partial charge on any atom is 0.318 e. The number of hydrogen-bond acceptors (Lipinski definition) is 4. The first kappa shape index (κ1) is 14.2. The molecule has 0 aliphatic rings. The van der Waals surface area contributed by atoms with Crippen LogP contribution in [0.2, 0.25) is 0 Å². The minimum absolute atomic E-state index is 0.306. The number of aliphatic hydroxyl groups excluding tert-OH is 2. The van der Waals surface area contributed by atoms with E-state index in [-0.39, 0.29) is 5.88 Å². The third kappa shape index (κ3) is 22.6. The number of hydrogen-bond donors (Lipinski definition) is 4. The van der Waals surface area contributed by atoms with Crippen molar-refractivity contribution < 1.29 is 20.1 Å². The van der Waals surface area contributed by atoms with Crippen molar-refractivity contribution in [3.63, 3.8) is 0 Å². The lowest BCUT2D eigenvalue weighted by molar-refractivity contribution is -0.134. The highest BCUT2D eigenvalue weighted by atomic mass is 35.5. The number of aliphatic hydroxyl groups is 2. The first-order valence-corrected chi connectivity index (χ1v) is 3.83. The Balaban J connectivity index is 0. The molecule has 4 N–H and O–H groups in total. The summed E-state index contributed by atoms with van der Waals surface area (Å²) in [4.78, 5) is 9.24. The second-order valence-corrected chi connectivity index (χ2v) is 2.31. The predicted octanol–water partition coefficient (Wildman–Crippen LogP) is -0.438. The molecule has 0 saturated heterocycles. The fourth-order valence-electron chi connectivity index (χ4n) is 0.349. The van der Waals surface area contributed by atoms with Crippen LogP contribution in [-0.2, 0) is 4.79 Å². The summed E-state index contributed by atoms with van der Waals surface area (Å²) in [7, 11) is 0. The van der Waals surface area contributed by atoms with Crippen molar-refractivity contribution in [1.29, 1.82) is 0 Å². The minimum Gasteiger partial charge on any atom is -0.480 e. The fourth-order valence-corrected chi connectivity index (χ4v) is 0.349. The van der Waals surface area contributed by atoms with Gasteiger partial charge in [-0.05, 0) is 13.8 Å². The summed E-state index contributed by atoms with van der Waals surface area (Å²) in [6.07, 6.45) is -1.25. The van der Waals surface area contributed by atoms with Gasteiger partial charge in [-0.1, -0.05) is 0 Å². The third-order valence-electron chi connectivity index (χ3n) is 0.597. The number of nitrogens with one attached hydrogen (secondary N) is 1. The van der Waals surface area contributed by atoms with E-state index in [0.717, 1.165) is 0 Å². The molecule has 0 heterocycles. The Morgan fingerprint density at radius 3 is 1.67 bits per heavy atom. The minimum atomic E-state index is -0.980. The van der Waals surface area contributed by atoms with Crippen LogP contribution in [0.15, 0.2) is 0 Å². The van der Waals surface area contributed by atoms with Crippen LogP contribution in [0.1, 0.15) is 13.8 Å². The maximum atomic E-state index is 9.24. The molecule has 0 spiro atoms. The van der Waals surface area contributed by atoms with E-state index in [1.54, 1.807) is 13.8 Å². The van der Waals surface area contributed by atoms with E-state index in [0.29, 0.717) is 0 Å². The molecule has 2 unspecified atom stereocenters. The van der Waals surface area contributed by atoms with Crippen molar-refractivity contribution in [2.24, 2.45) is 0 Å². The molecular formula is C6H14ClNO4. The summed E-state index contributed by atoms with van der Waals surface area (Å²) in [5, 5.41) is 26.9. The quantitative estimate of drug-likeness (QED) is 0.366. The van der Waals surface area contributed by atoms with Crippen LogP contribution in [-0.4, -0.2) is 39.6 Å². The van der Waals surface area contributed by atoms with E-state index < -0.39 is 18.4 Å². The molecule has 0 bridgehead atoms. The summed E-state index contributed by atoms with van der Waals surface area (Å²) in [5.41, 5.74) is 0. The molecule has 0 aromatic heterocycles. The van der Waals surface area contributed by atoms with Gasteiger partial charge in [-0.2, -0.15) is 0 Å². The molecule has 0 amide bonds. The van der Waals surface area contributed by atoms with Gasteiger partial charge in [0.1, 0.15) is 18.3 Å². The van der Waals surface area contributed by atoms with Crippen molar-refractivity contribution in [2.45, 2.75) is 26.3 Å². The Morgan fingerprint density at radius 1 is 1.42 bits per heavy atom. The van der Waals surface area contributed by atoms with Gasteiger partial charge in [-0.15, -0.1) is 11.6 Å². The van der Waals surface area contributed by atoms with Gasteiger partial charge in [0.15, 0.2) is 0 Å². The van der Waals surface area contributed by atoms with Gasteiger partial charge in [-0.3, -0.25) is 10.1 Å². The Hall–Kier alpha value is -0.360. The zero-order valence-corrected chi connectivity index (χ0v) is 7.75. The average Bonchev–Trinajstić information content (AvgIpc) is 1.85. The molecule has 0 fully saturated rings. The number of aliphatic carboxylic acids is 1. The molecule has 12 heavy (non-hydrogen) atoms. The van der Waals surface area contributed by atoms with Gasteiger partial charge in [-0.25, -0.2) is 0 Å². The molecule has 0 rings (SSSR count). The van der Waals surface area contributed by atoms with E-state index in [2.05, 4.69) is 5.32 Å². The third-order valence-corrected chi connectivity index (χ3v) is 0.825. The van der Waals surface area contributed by atoms with Crippen molar-refractivity contribution in [1.82, 2.24) is 5.32 Å². The van der Waals surface area contributed by atoms with Crippen molar-refractivity contribution in [3.05, 3.63) is 0 Å². The SMILES string of the molecule is CC(O)NC(C)O.O=C(O)CCl. The average molecular weight is 200 g/mol. The van der Waals surface area contributed by atoms with Crippen LogP contribution < -0.4 is 5.32 Å². The van der Waals surface area contributed by atoms with Gasteiger partial charge in [0.2, 0.25) is 0 Å². The summed E-state index contributed by atoms with van der Waals surface area (Å²) in [5.74, 6) is -1.29. The molecule has 0 aromatic rings. The van der Waals surface area contributed by atoms with Crippen LogP contribution in [0, 0.1) is 0 Å². The molecule has 5 nitrogen and oxygen atoms in total. The van der Waals surface area contributed by atoms with E-state index in [9.17, 15) is 4.79 Å². The van der Waals surface area contributed by atoms with Crippen LogP contribution in [0.3, 0.4) is 0 Å². The lowest BCUT2D eigenvalue weighted by Gasteiger charge is -2.08. The predicted molar refractivity (Wildman–Crippen MR) is 44.9 cm³/mol. The highest BCUT2D eigenvalue weighted by Gasteiger charge is 1.95. The Kier molecular flexibility index (Phi) is 10.3. The normalized spacial score (nSPS) is 14.1. The Labute approximate surface area is 76.0 Å². The first-order chi connectivity index (χ1) is 5.40. The summed E-state index contributed by atoms with van der Waals surface area (Å²) < 4.78 is 0. The largest absolute Gasteiger partial charge is 0.480 e. The Morgan fingerprint density at radius 2 is 1.67 bits per heavy atom. The first-order valence-electron chi connectivity index (χ1n) is 3.30. The smallest absolute Gasteiger partial charge is 0.318 e. The van der Waals surface area contributed by atoms with Crippen LogP contribution in [0.4, 0.5) is 0 Å². The molecule has 0 aromatic carbocycles. The molecule has 74 valence electrons. The van der Waals surface area contributed by atoms with Crippen molar-refractivity contribution >= 4 is 17.6 Å². The van der Waals surface area contributed by atoms with Gasteiger partial charge in [0.25, 0.3) is 0 Å². The molecule has 0 radical (unpaired) electrons. The van der Waals surface area contributed by atoms with Crippen LogP contribution in [0.25, 0.3) is 0 Å². The van der Waals surface area contributed by atoms with E-state index in [4.69, 9.17) is 26.9 Å². The van der Waals surface area contributed by atoms with E-state index in [1.165, 1.54) is 0 Å².